The smallest absolute Gasteiger partial charge is 0.0841 e. The first-order valence-electron chi connectivity index (χ1n) is 5.96. The molecule has 0 aromatic heterocycles. The van der Waals surface area contributed by atoms with E-state index in [2.05, 4.69) is 11.8 Å². The number of hydrogen-bond donors (Lipinski definition) is 0. The van der Waals surface area contributed by atoms with E-state index in [0.717, 1.165) is 25.2 Å². The fraction of sp³-hybridized carbons (Fsp3) is 0.538. The fourth-order valence-electron chi connectivity index (χ4n) is 2.25. The normalized spacial score (nSPS) is 25.3. The Balaban J connectivity index is 2.01. The first-order chi connectivity index (χ1) is 8.58. The summed E-state index contributed by atoms with van der Waals surface area (Å²) in [4.78, 5) is 2.33. The van der Waals surface area contributed by atoms with Crippen LogP contribution in [0.5, 0.6) is 0 Å². The maximum atomic E-state index is 6.02. The molecule has 2 atom stereocenters. The zero-order valence-electron chi connectivity index (χ0n) is 10.2. The Morgan fingerprint density at radius 1 is 1.28 bits per heavy atom. The largest absolute Gasteiger partial charge is 0.371 e. The van der Waals surface area contributed by atoms with Crippen LogP contribution in [0.15, 0.2) is 18.2 Å². The lowest BCUT2D eigenvalue weighted by Gasteiger charge is -2.36. The fourth-order valence-corrected chi connectivity index (χ4v) is 2.74. The maximum absolute atomic E-state index is 6.02. The van der Waals surface area contributed by atoms with Crippen molar-refractivity contribution in [3.05, 3.63) is 33.8 Å². The number of rotatable bonds is 3. The van der Waals surface area contributed by atoms with E-state index >= 15 is 0 Å². The lowest BCUT2D eigenvalue weighted by Crippen LogP contribution is -2.46. The average molecular weight is 309 g/mol. The van der Waals surface area contributed by atoms with Crippen LogP contribution in [0, 0.1) is 0 Å². The third kappa shape index (κ3) is 3.75. The minimum atomic E-state index is 0.109. The summed E-state index contributed by atoms with van der Waals surface area (Å²) < 4.78 is 5.73. The molecule has 0 radical (unpaired) electrons. The molecule has 1 aliphatic rings. The van der Waals surface area contributed by atoms with E-state index in [4.69, 9.17) is 39.5 Å². The van der Waals surface area contributed by atoms with Crippen LogP contribution in [-0.4, -0.2) is 36.1 Å². The zero-order chi connectivity index (χ0) is 13.1. The van der Waals surface area contributed by atoms with Crippen LogP contribution in [0.3, 0.4) is 0 Å². The van der Waals surface area contributed by atoms with Crippen LogP contribution in [0.25, 0.3) is 0 Å². The van der Waals surface area contributed by atoms with Crippen molar-refractivity contribution >= 4 is 34.8 Å². The second kappa shape index (κ2) is 6.44. The van der Waals surface area contributed by atoms with E-state index in [0.29, 0.717) is 15.9 Å². The lowest BCUT2D eigenvalue weighted by molar-refractivity contribution is -0.0688. The summed E-state index contributed by atoms with van der Waals surface area (Å²) in [5, 5.41) is 1.19. The van der Waals surface area contributed by atoms with E-state index < -0.39 is 0 Å². The Kier molecular flexibility index (Phi) is 5.16. The Labute approximate surface area is 123 Å². The third-order valence-corrected chi connectivity index (χ3v) is 4.05. The van der Waals surface area contributed by atoms with Gasteiger partial charge in [-0.3, -0.25) is 4.90 Å². The summed E-state index contributed by atoms with van der Waals surface area (Å²) in [7, 11) is 0. The van der Waals surface area contributed by atoms with Crippen LogP contribution < -0.4 is 0 Å². The van der Waals surface area contributed by atoms with Gasteiger partial charge in [0.25, 0.3) is 0 Å². The van der Waals surface area contributed by atoms with E-state index in [1.54, 1.807) is 0 Å². The molecule has 0 saturated carbocycles. The highest BCUT2D eigenvalue weighted by Crippen LogP contribution is 2.24. The highest BCUT2D eigenvalue weighted by molar-refractivity contribution is 6.42. The molecule has 1 heterocycles. The van der Waals surface area contributed by atoms with Gasteiger partial charge in [-0.05, 0) is 24.6 Å². The van der Waals surface area contributed by atoms with Gasteiger partial charge in [-0.1, -0.05) is 29.3 Å². The van der Waals surface area contributed by atoms with Gasteiger partial charge < -0.3 is 4.74 Å². The summed E-state index contributed by atoms with van der Waals surface area (Å²) in [5.41, 5.74) is 1.16. The zero-order valence-corrected chi connectivity index (χ0v) is 12.5. The van der Waals surface area contributed by atoms with Crippen LogP contribution >= 0.6 is 34.8 Å². The number of alkyl halides is 1. The molecule has 1 saturated heterocycles. The summed E-state index contributed by atoms with van der Waals surface area (Å²) in [6, 6.07) is 5.76. The molecule has 0 spiro atoms. The number of hydrogen-bond acceptors (Lipinski definition) is 2. The molecule has 2 rings (SSSR count). The average Bonchev–Trinajstić information content (AvgIpc) is 2.33. The Bertz CT molecular complexity index is 413. The molecule has 2 unspecified atom stereocenters. The van der Waals surface area contributed by atoms with Crippen molar-refractivity contribution in [1.82, 2.24) is 4.90 Å². The van der Waals surface area contributed by atoms with E-state index in [-0.39, 0.29) is 12.2 Å². The van der Waals surface area contributed by atoms with E-state index in [9.17, 15) is 0 Å². The molecule has 1 aromatic carbocycles. The van der Waals surface area contributed by atoms with Gasteiger partial charge in [0.2, 0.25) is 0 Å². The Hall–Kier alpha value is 0.01000. The van der Waals surface area contributed by atoms with Crippen LogP contribution in [-0.2, 0) is 11.3 Å². The summed E-state index contributed by atoms with van der Waals surface area (Å²) in [6.07, 6.45) is 0.323. The second-order valence-corrected chi connectivity index (χ2v) is 5.79. The monoisotopic (exact) mass is 307 g/mol. The van der Waals surface area contributed by atoms with Gasteiger partial charge >= 0.3 is 0 Å². The summed E-state index contributed by atoms with van der Waals surface area (Å²) in [6.45, 7) is 4.68. The topological polar surface area (TPSA) is 12.5 Å². The molecule has 1 aromatic rings. The first-order valence-corrected chi connectivity index (χ1v) is 7.25. The van der Waals surface area contributed by atoms with Gasteiger partial charge in [-0.15, -0.1) is 11.6 Å². The molecular weight excluding hydrogens is 293 g/mol. The number of nitrogens with zero attached hydrogens (tertiary/aromatic N) is 1. The molecule has 0 aliphatic carbocycles. The second-order valence-electron chi connectivity index (χ2n) is 4.67. The lowest BCUT2D eigenvalue weighted by atomic mass is 10.1. The highest BCUT2D eigenvalue weighted by atomic mass is 35.5. The molecule has 0 amide bonds. The van der Waals surface area contributed by atoms with Crippen molar-refractivity contribution in [1.29, 1.82) is 0 Å². The van der Waals surface area contributed by atoms with Gasteiger partial charge in [-0.2, -0.15) is 0 Å². The van der Waals surface area contributed by atoms with Crippen molar-refractivity contribution < 1.29 is 4.74 Å². The quantitative estimate of drug-likeness (QED) is 0.787. The standard InChI is InChI=1S/C13H16Cl3NO/c1-9-6-17(8-11(5-14)18-9)7-10-2-3-12(15)13(16)4-10/h2-4,9,11H,5-8H2,1H3. The molecule has 100 valence electrons. The van der Waals surface area contributed by atoms with Gasteiger partial charge in [0.05, 0.1) is 22.3 Å². The SMILES string of the molecule is CC1CN(Cc2ccc(Cl)c(Cl)c2)CC(CCl)O1. The number of benzene rings is 1. The molecule has 2 nitrogen and oxygen atoms in total. The number of ether oxygens (including phenoxy) is 1. The Morgan fingerprint density at radius 2 is 2.06 bits per heavy atom. The predicted octanol–water partition coefficient (Wildman–Crippen LogP) is 3.82. The molecule has 1 aliphatic heterocycles. The van der Waals surface area contributed by atoms with E-state index in [1.807, 2.05) is 18.2 Å². The van der Waals surface area contributed by atoms with Crippen molar-refractivity contribution in [3.8, 4) is 0 Å². The third-order valence-electron chi connectivity index (χ3n) is 2.96. The minimum Gasteiger partial charge on any atom is -0.371 e. The van der Waals surface area contributed by atoms with Crippen molar-refractivity contribution in [3.63, 3.8) is 0 Å². The van der Waals surface area contributed by atoms with Crippen LogP contribution in [0.2, 0.25) is 10.0 Å². The number of halogens is 3. The van der Waals surface area contributed by atoms with Crippen LogP contribution in [0.4, 0.5) is 0 Å². The number of morpholine rings is 1. The molecule has 0 bridgehead atoms. The molecule has 1 fully saturated rings. The molecular formula is C13H16Cl3NO. The van der Waals surface area contributed by atoms with Crippen LogP contribution in [0.1, 0.15) is 12.5 Å². The summed E-state index contributed by atoms with van der Waals surface area (Å²) in [5.74, 6) is 0.530. The molecule has 18 heavy (non-hydrogen) atoms. The maximum Gasteiger partial charge on any atom is 0.0841 e. The Morgan fingerprint density at radius 3 is 2.72 bits per heavy atom. The highest BCUT2D eigenvalue weighted by Gasteiger charge is 2.24. The molecule has 5 heteroatoms. The van der Waals surface area contributed by atoms with Gasteiger partial charge in [0.1, 0.15) is 0 Å². The van der Waals surface area contributed by atoms with Crippen molar-refractivity contribution in [2.45, 2.75) is 25.7 Å². The van der Waals surface area contributed by atoms with Crippen molar-refractivity contribution in [2.24, 2.45) is 0 Å². The van der Waals surface area contributed by atoms with Gasteiger partial charge in [-0.25, -0.2) is 0 Å². The minimum absolute atomic E-state index is 0.109. The van der Waals surface area contributed by atoms with Gasteiger partial charge in [0, 0.05) is 25.5 Å². The first kappa shape index (κ1) is 14.4. The van der Waals surface area contributed by atoms with Gasteiger partial charge in [0.15, 0.2) is 0 Å². The predicted molar refractivity (Wildman–Crippen MR) is 76.8 cm³/mol. The van der Waals surface area contributed by atoms with Crippen molar-refractivity contribution in [2.75, 3.05) is 19.0 Å². The van der Waals surface area contributed by atoms with E-state index in [1.165, 1.54) is 0 Å². The summed E-state index contributed by atoms with van der Waals surface area (Å²) >= 11 is 17.8. The molecule has 0 N–H and O–H groups in total.